The molecule has 0 aliphatic rings. The molecular formula is C24H24ClNO4S. The molecule has 3 aromatic carbocycles. The van der Waals surface area contributed by atoms with Gasteiger partial charge in [0.15, 0.2) is 16.4 Å². The second-order valence-corrected chi connectivity index (χ2v) is 9.67. The van der Waals surface area contributed by atoms with Crippen LogP contribution in [0.15, 0.2) is 78.9 Å². The first-order valence-electron chi connectivity index (χ1n) is 9.92. The van der Waals surface area contributed by atoms with Crippen LogP contribution in [0.4, 0.5) is 0 Å². The van der Waals surface area contributed by atoms with Gasteiger partial charge >= 0.3 is 0 Å². The predicted octanol–water partition coefficient (Wildman–Crippen LogP) is 4.51. The molecular weight excluding hydrogens is 434 g/mol. The van der Waals surface area contributed by atoms with E-state index in [2.05, 4.69) is 5.32 Å². The molecule has 0 unspecified atom stereocenters. The average Bonchev–Trinajstić information content (AvgIpc) is 2.77. The van der Waals surface area contributed by atoms with Crippen LogP contribution in [-0.4, -0.2) is 33.2 Å². The number of carbonyl (C=O) groups excluding carboxylic acids is 1. The van der Waals surface area contributed by atoms with E-state index in [4.69, 9.17) is 16.3 Å². The maximum atomic E-state index is 12.2. The third-order valence-corrected chi connectivity index (χ3v) is 6.56. The van der Waals surface area contributed by atoms with Gasteiger partial charge in [-0.1, -0.05) is 78.3 Å². The van der Waals surface area contributed by atoms with E-state index >= 15 is 0 Å². The van der Waals surface area contributed by atoms with Crippen LogP contribution < -0.4 is 10.1 Å². The van der Waals surface area contributed by atoms with Crippen molar-refractivity contribution in [1.82, 2.24) is 5.32 Å². The molecule has 0 spiro atoms. The zero-order chi connectivity index (χ0) is 22.1. The lowest BCUT2D eigenvalue weighted by atomic mass is 10.1. The van der Waals surface area contributed by atoms with Crippen LogP contribution in [0.3, 0.4) is 0 Å². The molecule has 0 aromatic heterocycles. The van der Waals surface area contributed by atoms with E-state index in [1.165, 1.54) is 0 Å². The van der Waals surface area contributed by atoms with Crippen molar-refractivity contribution in [2.45, 2.75) is 12.2 Å². The van der Waals surface area contributed by atoms with Gasteiger partial charge in [-0.15, -0.1) is 0 Å². The van der Waals surface area contributed by atoms with Crippen molar-refractivity contribution in [3.8, 4) is 16.9 Å². The van der Waals surface area contributed by atoms with Crippen molar-refractivity contribution in [2.24, 2.45) is 0 Å². The Labute approximate surface area is 187 Å². The monoisotopic (exact) mass is 457 g/mol. The summed E-state index contributed by atoms with van der Waals surface area (Å²) in [5, 5.41) is 3.09. The van der Waals surface area contributed by atoms with Crippen molar-refractivity contribution in [2.75, 3.05) is 18.9 Å². The molecule has 0 saturated heterocycles. The van der Waals surface area contributed by atoms with E-state index in [1.807, 2.05) is 54.6 Å². The first kappa shape index (κ1) is 22.8. The summed E-state index contributed by atoms with van der Waals surface area (Å²) in [5.41, 5.74) is 2.75. The third kappa shape index (κ3) is 7.42. The van der Waals surface area contributed by atoms with E-state index in [9.17, 15) is 13.2 Å². The minimum absolute atomic E-state index is 0.00235. The third-order valence-electron chi connectivity index (χ3n) is 4.58. The molecule has 0 aliphatic heterocycles. The van der Waals surface area contributed by atoms with Gasteiger partial charge in [-0.3, -0.25) is 4.79 Å². The Balaban J connectivity index is 1.40. The number of benzene rings is 3. The number of amides is 1. The van der Waals surface area contributed by atoms with Crippen LogP contribution in [0.5, 0.6) is 5.75 Å². The van der Waals surface area contributed by atoms with Crippen molar-refractivity contribution in [3.05, 3.63) is 89.4 Å². The minimum Gasteiger partial charge on any atom is -0.482 e. The van der Waals surface area contributed by atoms with Gasteiger partial charge in [-0.25, -0.2) is 8.42 Å². The summed E-state index contributed by atoms with van der Waals surface area (Å²) >= 11 is 6.28. The molecule has 5 nitrogen and oxygen atoms in total. The van der Waals surface area contributed by atoms with Gasteiger partial charge in [0.05, 0.1) is 16.5 Å². The summed E-state index contributed by atoms with van der Waals surface area (Å²) in [6.45, 7) is 0.0675. The maximum Gasteiger partial charge on any atom is 0.257 e. The molecule has 1 N–H and O–H groups in total. The standard InChI is InChI=1S/C24H24ClNO4S/c25-22-16-21(20-10-5-2-6-11-20)12-13-23(22)30-17-24(27)26-14-7-15-31(28,29)18-19-8-3-1-4-9-19/h1-6,8-13,16H,7,14-15,17-18H2,(H,26,27). The second-order valence-electron chi connectivity index (χ2n) is 7.08. The van der Waals surface area contributed by atoms with Crippen LogP contribution in [-0.2, 0) is 20.4 Å². The molecule has 1 amide bonds. The van der Waals surface area contributed by atoms with Crippen LogP contribution >= 0.6 is 11.6 Å². The lowest BCUT2D eigenvalue weighted by molar-refractivity contribution is -0.123. The van der Waals surface area contributed by atoms with E-state index in [0.717, 1.165) is 16.7 Å². The SMILES string of the molecule is O=C(COc1ccc(-c2ccccc2)cc1Cl)NCCCS(=O)(=O)Cc1ccccc1. The molecule has 31 heavy (non-hydrogen) atoms. The highest BCUT2D eigenvalue weighted by atomic mass is 35.5. The fraction of sp³-hybridized carbons (Fsp3) is 0.208. The van der Waals surface area contributed by atoms with E-state index in [-0.39, 0.29) is 30.6 Å². The summed E-state index contributed by atoms with van der Waals surface area (Å²) in [4.78, 5) is 12.0. The lowest BCUT2D eigenvalue weighted by Crippen LogP contribution is -2.30. The van der Waals surface area contributed by atoms with Gasteiger partial charge in [0, 0.05) is 6.54 Å². The zero-order valence-corrected chi connectivity index (χ0v) is 18.5. The molecule has 162 valence electrons. The Morgan fingerprint density at radius 1 is 0.903 bits per heavy atom. The van der Waals surface area contributed by atoms with Gasteiger partial charge < -0.3 is 10.1 Å². The highest BCUT2D eigenvalue weighted by Gasteiger charge is 2.12. The van der Waals surface area contributed by atoms with Gasteiger partial charge in [-0.2, -0.15) is 0 Å². The summed E-state index contributed by atoms with van der Waals surface area (Å²) in [6.07, 6.45) is 0.341. The Morgan fingerprint density at radius 2 is 1.58 bits per heavy atom. The Hall–Kier alpha value is -2.83. The van der Waals surface area contributed by atoms with Gasteiger partial charge in [-0.05, 0) is 35.2 Å². The fourth-order valence-electron chi connectivity index (χ4n) is 3.04. The lowest BCUT2D eigenvalue weighted by Gasteiger charge is -2.10. The molecule has 0 saturated carbocycles. The second kappa shape index (κ2) is 11.0. The molecule has 3 aromatic rings. The average molecular weight is 458 g/mol. The zero-order valence-electron chi connectivity index (χ0n) is 17.0. The normalized spacial score (nSPS) is 11.1. The molecule has 7 heteroatoms. The predicted molar refractivity (Wildman–Crippen MR) is 124 cm³/mol. The minimum atomic E-state index is -3.22. The molecule has 0 fully saturated rings. The molecule has 0 heterocycles. The summed E-state index contributed by atoms with van der Waals surface area (Å²) in [6, 6.07) is 24.3. The van der Waals surface area contributed by atoms with Gasteiger partial charge in [0.25, 0.3) is 5.91 Å². The fourth-order valence-corrected chi connectivity index (χ4v) is 4.71. The first-order valence-corrected chi connectivity index (χ1v) is 12.1. The number of ether oxygens (including phenoxy) is 1. The smallest absolute Gasteiger partial charge is 0.257 e. The van der Waals surface area contributed by atoms with Crippen molar-refractivity contribution < 1.29 is 17.9 Å². The number of carbonyl (C=O) groups is 1. The summed E-state index contributed by atoms with van der Waals surface area (Å²) in [7, 11) is -3.22. The molecule has 0 aliphatic carbocycles. The highest BCUT2D eigenvalue weighted by Crippen LogP contribution is 2.30. The van der Waals surface area contributed by atoms with Gasteiger partial charge in [0.2, 0.25) is 0 Å². The summed E-state index contributed by atoms with van der Waals surface area (Å²) < 4.78 is 29.8. The topological polar surface area (TPSA) is 72.5 Å². The van der Waals surface area contributed by atoms with Crippen LogP contribution in [0.1, 0.15) is 12.0 Å². The van der Waals surface area contributed by atoms with Crippen molar-refractivity contribution >= 4 is 27.3 Å². The Morgan fingerprint density at radius 3 is 2.26 bits per heavy atom. The van der Waals surface area contributed by atoms with Crippen LogP contribution in [0.2, 0.25) is 5.02 Å². The number of hydrogen-bond acceptors (Lipinski definition) is 4. The van der Waals surface area contributed by atoms with Gasteiger partial charge in [0.1, 0.15) is 5.75 Å². The quantitative estimate of drug-likeness (QED) is 0.455. The largest absolute Gasteiger partial charge is 0.482 e. The molecule has 0 bridgehead atoms. The first-order chi connectivity index (χ1) is 14.9. The Bertz CT molecular complexity index is 1100. The number of hydrogen-bond donors (Lipinski definition) is 1. The van der Waals surface area contributed by atoms with Crippen LogP contribution in [0, 0.1) is 0 Å². The number of nitrogens with one attached hydrogen (secondary N) is 1. The molecule has 0 radical (unpaired) electrons. The Kier molecular flexibility index (Phi) is 8.09. The van der Waals surface area contributed by atoms with E-state index in [1.54, 1.807) is 24.3 Å². The number of halogens is 1. The van der Waals surface area contributed by atoms with Crippen LogP contribution in [0.25, 0.3) is 11.1 Å². The highest BCUT2D eigenvalue weighted by molar-refractivity contribution is 7.90. The van der Waals surface area contributed by atoms with E-state index < -0.39 is 9.84 Å². The number of rotatable bonds is 10. The number of sulfone groups is 1. The molecule has 3 rings (SSSR count). The summed E-state index contributed by atoms with van der Waals surface area (Å²) in [5.74, 6) is 0.101. The van der Waals surface area contributed by atoms with E-state index in [0.29, 0.717) is 17.2 Å². The molecule has 0 atom stereocenters. The maximum absolute atomic E-state index is 12.2. The van der Waals surface area contributed by atoms with Crippen molar-refractivity contribution in [1.29, 1.82) is 0 Å². The van der Waals surface area contributed by atoms with Crippen molar-refractivity contribution in [3.63, 3.8) is 0 Å².